The van der Waals surface area contributed by atoms with Crippen LogP contribution in [0.4, 0.5) is 11.6 Å². The molecule has 0 aliphatic rings. The number of allylic oxidation sites excluding steroid dienone is 1. The molecule has 0 radical (unpaired) electrons. The predicted molar refractivity (Wildman–Crippen MR) is 72.4 cm³/mol. The van der Waals surface area contributed by atoms with Gasteiger partial charge in [-0.1, -0.05) is 12.1 Å². The van der Waals surface area contributed by atoms with Crippen LogP contribution in [0.1, 0.15) is 11.3 Å². The Morgan fingerprint density at radius 3 is 2.33 bits per heavy atom. The molecule has 0 N–H and O–H groups in total. The molecule has 1 aromatic heterocycles. The molecule has 0 saturated heterocycles. The average Bonchev–Trinajstić information content (AvgIpc) is 2.93. The van der Waals surface area contributed by atoms with Crippen molar-refractivity contribution in [1.82, 2.24) is 0 Å². The molecule has 21 heavy (non-hydrogen) atoms. The smallest absolute Gasteiger partial charge is 0.401 e. The second-order valence-electron chi connectivity index (χ2n) is 3.92. The first-order valence-electron chi connectivity index (χ1n) is 5.68. The highest BCUT2D eigenvalue weighted by molar-refractivity contribution is 6.14. The molecule has 8 heteroatoms. The van der Waals surface area contributed by atoms with Crippen LogP contribution in [-0.4, -0.2) is 16.1 Å². The van der Waals surface area contributed by atoms with Crippen LogP contribution >= 0.6 is 0 Å². The number of nitro groups is 2. The standard InChI is InChI=1S/C13H8N2O6/c16-8-9(7-10-5-6-13(21-10)15(19)20)11-3-1-2-4-12(11)14(17)18/h1-8H. The Hall–Kier alpha value is -3.29. The Morgan fingerprint density at radius 1 is 1.05 bits per heavy atom. The highest BCUT2D eigenvalue weighted by Crippen LogP contribution is 2.27. The molecular formula is C13H8N2O6. The summed E-state index contributed by atoms with van der Waals surface area (Å²) in [5, 5.41) is 21.5. The van der Waals surface area contributed by atoms with E-state index in [0.717, 1.165) is 6.07 Å². The Morgan fingerprint density at radius 2 is 1.76 bits per heavy atom. The van der Waals surface area contributed by atoms with Gasteiger partial charge in [-0.15, -0.1) is 0 Å². The first kappa shape index (κ1) is 14.1. The molecular weight excluding hydrogens is 280 g/mol. The Bertz CT molecular complexity index is 747. The van der Waals surface area contributed by atoms with Gasteiger partial charge in [0.25, 0.3) is 5.69 Å². The van der Waals surface area contributed by atoms with E-state index >= 15 is 0 Å². The average molecular weight is 288 g/mol. The summed E-state index contributed by atoms with van der Waals surface area (Å²) in [7, 11) is 0. The van der Waals surface area contributed by atoms with Crippen molar-refractivity contribution in [2.24, 2.45) is 0 Å². The van der Waals surface area contributed by atoms with Gasteiger partial charge in [-0.2, -0.15) is 0 Å². The minimum absolute atomic E-state index is 0.00783. The van der Waals surface area contributed by atoms with Gasteiger partial charge >= 0.3 is 5.88 Å². The van der Waals surface area contributed by atoms with Gasteiger partial charge < -0.3 is 4.42 Å². The summed E-state index contributed by atoms with van der Waals surface area (Å²) in [6.07, 6.45) is 1.64. The van der Waals surface area contributed by atoms with E-state index in [-0.39, 0.29) is 22.6 Å². The first-order chi connectivity index (χ1) is 10.0. The highest BCUT2D eigenvalue weighted by atomic mass is 16.6. The van der Waals surface area contributed by atoms with E-state index in [0.29, 0.717) is 6.29 Å². The second kappa shape index (κ2) is 5.78. The monoisotopic (exact) mass is 288 g/mol. The Labute approximate surface area is 117 Å². The van der Waals surface area contributed by atoms with Gasteiger partial charge in [0.05, 0.1) is 16.6 Å². The van der Waals surface area contributed by atoms with Crippen LogP contribution in [0, 0.1) is 20.2 Å². The zero-order chi connectivity index (χ0) is 15.4. The number of hydrogen-bond donors (Lipinski definition) is 0. The predicted octanol–water partition coefficient (Wildman–Crippen LogP) is 2.84. The van der Waals surface area contributed by atoms with E-state index in [1.807, 2.05) is 0 Å². The first-order valence-corrected chi connectivity index (χ1v) is 5.68. The number of carbonyl (C=O) groups excluding carboxylic acids is 1. The van der Waals surface area contributed by atoms with Crippen molar-refractivity contribution in [3.8, 4) is 0 Å². The Balaban J connectivity index is 2.48. The van der Waals surface area contributed by atoms with Crippen molar-refractivity contribution in [2.45, 2.75) is 0 Å². The molecule has 0 amide bonds. The molecule has 2 rings (SSSR count). The maximum absolute atomic E-state index is 11.2. The molecule has 0 bridgehead atoms. The van der Waals surface area contributed by atoms with E-state index in [1.54, 1.807) is 6.07 Å². The number of furan rings is 1. The third kappa shape index (κ3) is 3.00. The van der Waals surface area contributed by atoms with Crippen LogP contribution in [-0.2, 0) is 4.79 Å². The van der Waals surface area contributed by atoms with E-state index in [1.165, 1.54) is 30.3 Å². The summed E-state index contributed by atoms with van der Waals surface area (Å²) in [6.45, 7) is 0. The van der Waals surface area contributed by atoms with Crippen LogP contribution in [0.15, 0.2) is 40.8 Å². The van der Waals surface area contributed by atoms with Gasteiger partial charge in [-0.25, -0.2) is 0 Å². The van der Waals surface area contributed by atoms with Gasteiger partial charge in [0.15, 0.2) is 6.29 Å². The lowest BCUT2D eigenvalue weighted by atomic mass is 10.0. The minimum atomic E-state index is -0.719. The van der Waals surface area contributed by atoms with Crippen LogP contribution < -0.4 is 0 Å². The number of carbonyl (C=O) groups is 1. The molecule has 106 valence electrons. The lowest BCUT2D eigenvalue weighted by Crippen LogP contribution is -1.95. The van der Waals surface area contributed by atoms with E-state index in [4.69, 9.17) is 4.42 Å². The van der Waals surface area contributed by atoms with Crippen LogP contribution in [0.25, 0.3) is 11.6 Å². The van der Waals surface area contributed by atoms with Gasteiger partial charge in [-0.05, 0) is 18.2 Å². The molecule has 0 spiro atoms. The van der Waals surface area contributed by atoms with Crippen molar-refractivity contribution in [3.63, 3.8) is 0 Å². The molecule has 0 saturated carbocycles. The molecule has 1 heterocycles. The third-order valence-electron chi connectivity index (χ3n) is 2.63. The number of para-hydroxylation sites is 1. The number of rotatable bonds is 5. The summed E-state index contributed by atoms with van der Waals surface area (Å²) in [5.41, 5.74) is -0.139. The normalized spacial score (nSPS) is 11.1. The summed E-state index contributed by atoms with van der Waals surface area (Å²) >= 11 is 0. The van der Waals surface area contributed by atoms with Crippen LogP contribution in [0.2, 0.25) is 0 Å². The van der Waals surface area contributed by atoms with E-state index in [9.17, 15) is 25.0 Å². The maximum Gasteiger partial charge on any atom is 0.433 e. The quantitative estimate of drug-likeness (QED) is 0.361. The van der Waals surface area contributed by atoms with Gasteiger partial charge in [0.2, 0.25) is 0 Å². The lowest BCUT2D eigenvalue weighted by Gasteiger charge is -2.01. The summed E-state index contributed by atoms with van der Waals surface area (Å²) in [6, 6.07) is 8.13. The maximum atomic E-state index is 11.2. The van der Waals surface area contributed by atoms with Crippen molar-refractivity contribution >= 4 is 29.5 Å². The second-order valence-corrected chi connectivity index (χ2v) is 3.92. The summed E-state index contributed by atoms with van der Waals surface area (Å²) in [5.74, 6) is -0.420. The largest absolute Gasteiger partial charge is 0.433 e. The molecule has 2 aromatic rings. The third-order valence-corrected chi connectivity index (χ3v) is 2.63. The molecule has 1 aromatic carbocycles. The molecule has 0 atom stereocenters. The van der Waals surface area contributed by atoms with Gasteiger partial charge in [0, 0.05) is 11.6 Å². The fourth-order valence-corrected chi connectivity index (χ4v) is 1.72. The minimum Gasteiger partial charge on any atom is -0.401 e. The SMILES string of the molecule is O=CC(=Cc1ccc([N+](=O)[O-])o1)c1ccccc1[N+](=O)[O-]. The molecule has 0 aliphatic carbocycles. The zero-order valence-corrected chi connectivity index (χ0v) is 10.5. The number of benzene rings is 1. The number of aldehydes is 1. The zero-order valence-electron chi connectivity index (χ0n) is 10.5. The Kier molecular flexibility index (Phi) is 3.89. The summed E-state index contributed by atoms with van der Waals surface area (Å²) in [4.78, 5) is 31.3. The number of nitrogens with zero attached hydrogens (tertiary/aromatic N) is 2. The van der Waals surface area contributed by atoms with Crippen molar-refractivity contribution in [2.75, 3.05) is 0 Å². The van der Waals surface area contributed by atoms with Gasteiger partial charge in [0.1, 0.15) is 10.7 Å². The van der Waals surface area contributed by atoms with E-state index in [2.05, 4.69) is 0 Å². The van der Waals surface area contributed by atoms with Crippen LogP contribution in [0.5, 0.6) is 0 Å². The molecule has 0 fully saturated rings. The summed E-state index contributed by atoms with van der Waals surface area (Å²) < 4.78 is 4.90. The lowest BCUT2D eigenvalue weighted by molar-refractivity contribution is -0.402. The fourth-order valence-electron chi connectivity index (χ4n) is 1.72. The molecule has 0 aliphatic heterocycles. The molecule has 8 nitrogen and oxygen atoms in total. The van der Waals surface area contributed by atoms with Crippen LogP contribution in [0.3, 0.4) is 0 Å². The fraction of sp³-hybridized carbons (Fsp3) is 0. The van der Waals surface area contributed by atoms with Crippen molar-refractivity contribution in [1.29, 1.82) is 0 Å². The number of nitro benzene ring substituents is 1. The van der Waals surface area contributed by atoms with E-state index < -0.39 is 15.7 Å². The van der Waals surface area contributed by atoms with Gasteiger partial charge in [-0.3, -0.25) is 25.0 Å². The van der Waals surface area contributed by atoms with Crippen molar-refractivity contribution in [3.05, 3.63) is 68.0 Å². The molecule has 0 unspecified atom stereocenters. The number of hydrogen-bond acceptors (Lipinski definition) is 6. The highest BCUT2D eigenvalue weighted by Gasteiger charge is 2.17. The topological polar surface area (TPSA) is 116 Å². The van der Waals surface area contributed by atoms with Crippen molar-refractivity contribution < 1.29 is 19.1 Å².